The van der Waals surface area contributed by atoms with E-state index in [-0.39, 0.29) is 0 Å². The van der Waals surface area contributed by atoms with Crippen LogP contribution in [0.5, 0.6) is 0 Å². The lowest BCUT2D eigenvalue weighted by Gasteiger charge is -2.29. The Kier molecular flexibility index (Phi) is 3.91. The molecule has 0 aromatic carbocycles. The van der Waals surface area contributed by atoms with Crippen molar-refractivity contribution in [1.29, 1.82) is 0 Å². The lowest BCUT2D eigenvalue weighted by molar-refractivity contribution is 0.239. The number of rotatable bonds is 4. The molecule has 0 rings (SSSR count). The summed E-state index contributed by atoms with van der Waals surface area (Å²) in [6.45, 7) is 10.5. The second-order valence-electron chi connectivity index (χ2n) is 3.77. The summed E-state index contributed by atoms with van der Waals surface area (Å²) >= 11 is 0. The number of hydrogen-bond donors (Lipinski definition) is 2. The smallest absolute Gasteiger partial charge is 0.0428 e. The van der Waals surface area contributed by atoms with Crippen LogP contribution in [0.25, 0.3) is 0 Å². The molecule has 3 N–H and O–H groups in total. The fraction of sp³-hybridized carbons (Fsp3) is 1.00. The largest absolute Gasteiger partial charge is 0.318 e. The molecule has 0 aliphatic heterocycles. The van der Waals surface area contributed by atoms with Crippen molar-refractivity contribution in [2.24, 2.45) is 17.1 Å². The molecule has 62 valence electrons. The van der Waals surface area contributed by atoms with Gasteiger partial charge < -0.3 is 11.1 Å². The first-order valence-electron chi connectivity index (χ1n) is 3.91. The topological polar surface area (TPSA) is 38.0 Å². The van der Waals surface area contributed by atoms with Crippen LogP contribution >= 0.6 is 0 Å². The van der Waals surface area contributed by atoms with Crippen molar-refractivity contribution in [2.75, 3.05) is 13.2 Å². The first-order valence-corrected chi connectivity index (χ1v) is 3.91. The summed E-state index contributed by atoms with van der Waals surface area (Å²) < 4.78 is 0. The Balaban J connectivity index is 3.63. The molecule has 0 aliphatic carbocycles. The molecule has 0 aromatic rings. The van der Waals surface area contributed by atoms with E-state index in [4.69, 9.17) is 5.73 Å². The highest BCUT2D eigenvalue weighted by atomic mass is 15.0. The van der Waals surface area contributed by atoms with Crippen molar-refractivity contribution in [3.63, 3.8) is 0 Å². The third-order valence-electron chi connectivity index (χ3n) is 2.29. The molecule has 0 fully saturated rings. The summed E-state index contributed by atoms with van der Waals surface area (Å²) in [7, 11) is 0. The minimum Gasteiger partial charge on any atom is -0.318 e. The zero-order valence-corrected chi connectivity index (χ0v) is 7.57. The van der Waals surface area contributed by atoms with Gasteiger partial charge in [0.05, 0.1) is 0 Å². The normalized spacial score (nSPS) is 12.6. The van der Waals surface area contributed by atoms with E-state index < -0.39 is 0 Å². The van der Waals surface area contributed by atoms with Crippen molar-refractivity contribution < 1.29 is 0 Å². The van der Waals surface area contributed by atoms with E-state index >= 15 is 0 Å². The maximum absolute atomic E-state index is 5.32. The van der Waals surface area contributed by atoms with Gasteiger partial charge in [0, 0.05) is 13.2 Å². The van der Waals surface area contributed by atoms with Gasteiger partial charge in [0.1, 0.15) is 0 Å². The summed E-state index contributed by atoms with van der Waals surface area (Å²) in [6.07, 6.45) is 0. The minimum atomic E-state index is 0.360. The molecule has 0 saturated heterocycles. The molecule has 0 aromatic heterocycles. The molecule has 0 radical (unpaired) electrons. The van der Waals surface area contributed by atoms with Crippen LogP contribution in [0.2, 0.25) is 0 Å². The number of nitrogens with one attached hydrogen (secondary N) is 1. The van der Waals surface area contributed by atoms with Crippen LogP contribution in [0.4, 0.5) is 0 Å². The van der Waals surface area contributed by atoms with Crippen LogP contribution in [0.15, 0.2) is 0 Å². The van der Waals surface area contributed by atoms with E-state index in [1.165, 1.54) is 0 Å². The Bertz CT molecular complexity index is 87.3. The third-order valence-corrected chi connectivity index (χ3v) is 2.29. The maximum Gasteiger partial charge on any atom is 0.0428 e. The Labute approximate surface area is 64.2 Å². The molecule has 0 spiro atoms. The molecule has 0 unspecified atom stereocenters. The third kappa shape index (κ3) is 3.18. The fourth-order valence-corrected chi connectivity index (χ4v) is 0.598. The Hall–Kier alpha value is -0.0800. The average Bonchev–Trinajstić information content (AvgIpc) is 1.84. The van der Waals surface area contributed by atoms with Gasteiger partial charge in [-0.3, -0.25) is 0 Å². The number of nitrogens with two attached hydrogens (primary N) is 1. The highest BCUT2D eigenvalue weighted by molar-refractivity contribution is 4.74. The summed E-state index contributed by atoms with van der Waals surface area (Å²) in [5.41, 5.74) is 5.69. The molecule has 0 amide bonds. The van der Waals surface area contributed by atoms with Crippen molar-refractivity contribution in [1.82, 2.24) is 5.32 Å². The van der Waals surface area contributed by atoms with Gasteiger partial charge in [-0.25, -0.2) is 0 Å². The summed E-state index contributed by atoms with van der Waals surface area (Å²) in [5.74, 6) is 0.701. The van der Waals surface area contributed by atoms with Crippen LogP contribution in [0.1, 0.15) is 27.7 Å². The van der Waals surface area contributed by atoms with E-state index in [2.05, 4.69) is 33.0 Å². The molecular formula is C8H20N2. The zero-order chi connectivity index (χ0) is 8.20. The van der Waals surface area contributed by atoms with Crippen LogP contribution in [0, 0.1) is 11.3 Å². The van der Waals surface area contributed by atoms with E-state index in [1.54, 1.807) is 0 Å². The second kappa shape index (κ2) is 3.94. The van der Waals surface area contributed by atoms with Gasteiger partial charge in [-0.05, 0) is 11.3 Å². The summed E-state index contributed by atoms with van der Waals surface area (Å²) in [4.78, 5) is 0. The Morgan fingerprint density at radius 1 is 1.40 bits per heavy atom. The predicted octanol–water partition coefficient (Wildman–Crippen LogP) is 1.17. The first kappa shape index (κ1) is 9.92. The lowest BCUT2D eigenvalue weighted by atomic mass is 9.81. The molecule has 0 aliphatic rings. The van der Waals surface area contributed by atoms with Gasteiger partial charge >= 0.3 is 0 Å². The molecule has 0 bridgehead atoms. The van der Waals surface area contributed by atoms with Crippen LogP contribution in [0.3, 0.4) is 0 Å². The van der Waals surface area contributed by atoms with E-state index in [9.17, 15) is 0 Å². The van der Waals surface area contributed by atoms with E-state index in [0.717, 1.165) is 6.54 Å². The number of hydrogen-bond acceptors (Lipinski definition) is 2. The van der Waals surface area contributed by atoms with Gasteiger partial charge in [0.25, 0.3) is 0 Å². The van der Waals surface area contributed by atoms with Crippen LogP contribution in [-0.4, -0.2) is 13.2 Å². The van der Waals surface area contributed by atoms with Crippen LogP contribution < -0.4 is 11.1 Å². The summed E-state index contributed by atoms with van der Waals surface area (Å²) in [6, 6.07) is 0. The van der Waals surface area contributed by atoms with Gasteiger partial charge in [0.15, 0.2) is 0 Å². The van der Waals surface area contributed by atoms with Gasteiger partial charge in [-0.2, -0.15) is 0 Å². The quantitative estimate of drug-likeness (QED) is 0.581. The van der Waals surface area contributed by atoms with Crippen molar-refractivity contribution in [3.8, 4) is 0 Å². The van der Waals surface area contributed by atoms with Crippen molar-refractivity contribution in [2.45, 2.75) is 27.7 Å². The first-order chi connectivity index (χ1) is 4.50. The summed E-state index contributed by atoms with van der Waals surface area (Å²) in [5, 5.41) is 3.15. The van der Waals surface area contributed by atoms with Crippen LogP contribution in [-0.2, 0) is 0 Å². The van der Waals surface area contributed by atoms with Crippen molar-refractivity contribution in [3.05, 3.63) is 0 Å². The molecule has 2 nitrogen and oxygen atoms in total. The molecule has 0 heterocycles. The highest BCUT2D eigenvalue weighted by Gasteiger charge is 2.20. The monoisotopic (exact) mass is 144 g/mol. The SMILES string of the molecule is CC(C)C(C)(C)CNCN. The molecule has 0 saturated carbocycles. The van der Waals surface area contributed by atoms with Gasteiger partial charge in [-0.15, -0.1) is 0 Å². The Morgan fingerprint density at radius 2 is 1.90 bits per heavy atom. The predicted molar refractivity (Wildman–Crippen MR) is 45.7 cm³/mol. The maximum atomic E-state index is 5.32. The molecule has 2 heteroatoms. The second-order valence-corrected chi connectivity index (χ2v) is 3.77. The van der Waals surface area contributed by atoms with E-state index in [0.29, 0.717) is 18.0 Å². The standard InChI is InChI=1S/C8H20N2/c1-7(2)8(3,4)5-10-6-9/h7,10H,5-6,9H2,1-4H3. The van der Waals surface area contributed by atoms with Gasteiger partial charge in [0.2, 0.25) is 0 Å². The molecule has 10 heavy (non-hydrogen) atoms. The minimum absolute atomic E-state index is 0.360. The average molecular weight is 144 g/mol. The molecule has 0 atom stereocenters. The fourth-order valence-electron chi connectivity index (χ4n) is 0.598. The Morgan fingerprint density at radius 3 is 2.20 bits per heavy atom. The zero-order valence-electron chi connectivity index (χ0n) is 7.57. The van der Waals surface area contributed by atoms with E-state index in [1.807, 2.05) is 0 Å². The lowest BCUT2D eigenvalue weighted by Crippen LogP contribution is -2.36. The molecular weight excluding hydrogens is 124 g/mol. The van der Waals surface area contributed by atoms with Crippen molar-refractivity contribution >= 4 is 0 Å². The van der Waals surface area contributed by atoms with Gasteiger partial charge in [-0.1, -0.05) is 27.7 Å². The highest BCUT2D eigenvalue weighted by Crippen LogP contribution is 2.24.